The number of esters is 1. The maximum atomic E-state index is 12.5. The number of aliphatic carboxylic acids is 1. The predicted molar refractivity (Wildman–Crippen MR) is 145 cm³/mol. The number of rotatable bonds is 11. The Morgan fingerprint density at radius 3 is 2.34 bits per heavy atom. The predicted octanol–water partition coefficient (Wildman–Crippen LogP) is 6.36. The van der Waals surface area contributed by atoms with E-state index in [0.717, 1.165) is 47.9 Å². The first kappa shape index (κ1) is 27.4. The Hall–Kier alpha value is -3.61. The molecule has 0 heterocycles. The van der Waals surface area contributed by atoms with Crippen molar-refractivity contribution in [2.45, 2.75) is 82.3 Å². The van der Waals surface area contributed by atoms with E-state index in [1.165, 1.54) is 6.42 Å². The summed E-state index contributed by atoms with van der Waals surface area (Å²) in [6.45, 7) is 0.129. The highest BCUT2D eigenvalue weighted by atomic mass is 16.6. The summed E-state index contributed by atoms with van der Waals surface area (Å²) in [5.41, 5.74) is 4.46. The van der Waals surface area contributed by atoms with Crippen LogP contribution >= 0.6 is 0 Å². The first-order valence-electron chi connectivity index (χ1n) is 13.7. The third-order valence-corrected chi connectivity index (χ3v) is 7.30. The minimum atomic E-state index is -1.10. The van der Waals surface area contributed by atoms with Gasteiger partial charge in [-0.2, -0.15) is 0 Å². The number of carboxylic acid groups (broad SMARTS) is 1. The summed E-state index contributed by atoms with van der Waals surface area (Å²) in [5.74, 6) is -1.41. The van der Waals surface area contributed by atoms with E-state index >= 15 is 0 Å². The number of benzene rings is 2. The second-order valence-corrected chi connectivity index (χ2v) is 10.1. The van der Waals surface area contributed by atoms with E-state index in [1.54, 1.807) is 0 Å². The van der Waals surface area contributed by atoms with Gasteiger partial charge in [0.25, 0.3) is 0 Å². The Labute approximate surface area is 224 Å². The molecule has 7 heteroatoms. The lowest BCUT2D eigenvalue weighted by atomic mass is 9.98. The van der Waals surface area contributed by atoms with Gasteiger partial charge in [0.2, 0.25) is 0 Å². The molecule has 2 atom stereocenters. The van der Waals surface area contributed by atoms with Gasteiger partial charge < -0.3 is 19.9 Å². The number of allylic oxidation sites excluding steroid dienone is 1. The zero-order chi connectivity index (χ0) is 26.7. The lowest BCUT2D eigenvalue weighted by Crippen LogP contribution is -2.41. The average molecular weight is 520 g/mol. The monoisotopic (exact) mass is 519 g/mol. The lowest BCUT2D eigenvalue weighted by molar-refractivity contribution is -0.147. The summed E-state index contributed by atoms with van der Waals surface area (Å²) in [7, 11) is 0. The number of carboxylic acids is 1. The molecule has 2 aromatic carbocycles. The van der Waals surface area contributed by atoms with E-state index in [4.69, 9.17) is 9.47 Å². The molecule has 202 valence electrons. The topological polar surface area (TPSA) is 102 Å². The number of unbranched alkanes of at least 4 members (excludes halogenated alkanes) is 2. The van der Waals surface area contributed by atoms with E-state index < -0.39 is 18.1 Å². The first-order chi connectivity index (χ1) is 18.5. The number of hydrogen-bond donors (Lipinski definition) is 2. The molecule has 4 rings (SSSR count). The fraction of sp³-hybridized carbons (Fsp3) is 0.452. The van der Waals surface area contributed by atoms with Crippen molar-refractivity contribution in [2.75, 3.05) is 6.61 Å². The molecule has 38 heavy (non-hydrogen) atoms. The van der Waals surface area contributed by atoms with Gasteiger partial charge in [-0.3, -0.25) is 4.79 Å². The van der Waals surface area contributed by atoms with Crippen LogP contribution in [-0.2, 0) is 19.1 Å². The molecule has 2 aliphatic carbocycles. The highest BCUT2D eigenvalue weighted by Gasteiger charge is 2.29. The molecule has 2 N–H and O–H groups in total. The van der Waals surface area contributed by atoms with Crippen LogP contribution in [0.4, 0.5) is 4.79 Å². The molecule has 2 aliphatic rings. The third kappa shape index (κ3) is 7.46. The van der Waals surface area contributed by atoms with Crippen molar-refractivity contribution in [3.05, 3.63) is 71.8 Å². The summed E-state index contributed by atoms with van der Waals surface area (Å²) < 4.78 is 11.1. The summed E-state index contributed by atoms with van der Waals surface area (Å²) >= 11 is 0. The van der Waals surface area contributed by atoms with Crippen molar-refractivity contribution in [1.29, 1.82) is 0 Å². The largest absolute Gasteiger partial charge is 0.480 e. The first-order valence-corrected chi connectivity index (χ1v) is 13.7. The van der Waals surface area contributed by atoms with Crippen LogP contribution in [-0.4, -0.2) is 41.9 Å². The Bertz CT molecular complexity index is 1100. The molecule has 1 amide bonds. The zero-order valence-electron chi connectivity index (χ0n) is 21.8. The molecule has 0 saturated heterocycles. The standard InChI is InChI=1S/C31H37NO6/c33-29(38-22-13-5-2-1-3-6-14-22)20-8-4-7-19-28(30(34)35)32-31(36)37-21-27-25-17-11-9-15-23(25)24-16-10-12-18-26(24)27/h5,9-13,15-18,22,27-28H,1-4,6-8,14,19-21H2,(H,32,36)(H,34,35)/b13-5+/t22?,28-/m0/s1. The highest BCUT2D eigenvalue weighted by molar-refractivity contribution is 5.81. The molecule has 0 aromatic heterocycles. The quantitative estimate of drug-likeness (QED) is 0.203. The number of nitrogens with one attached hydrogen (secondary N) is 1. The minimum Gasteiger partial charge on any atom is -0.480 e. The summed E-state index contributed by atoms with van der Waals surface area (Å²) in [6, 6.07) is 15.0. The molecule has 1 unspecified atom stereocenters. The van der Waals surface area contributed by atoms with Gasteiger partial charge in [0, 0.05) is 12.3 Å². The fourth-order valence-corrected chi connectivity index (χ4v) is 5.29. The zero-order valence-corrected chi connectivity index (χ0v) is 21.8. The highest BCUT2D eigenvalue weighted by Crippen LogP contribution is 2.44. The SMILES string of the molecule is O=C(CCCCC[C@H](NC(=O)OCC1c2ccccc2-c2ccccc21)C(=O)O)OC1/C=C/CCCCC1. The van der Waals surface area contributed by atoms with Crippen molar-refractivity contribution >= 4 is 18.0 Å². The number of hydrogen-bond acceptors (Lipinski definition) is 5. The van der Waals surface area contributed by atoms with E-state index in [9.17, 15) is 19.5 Å². The van der Waals surface area contributed by atoms with E-state index in [-0.39, 0.29) is 31.0 Å². The van der Waals surface area contributed by atoms with E-state index in [2.05, 4.69) is 23.5 Å². The molecule has 0 bridgehead atoms. The number of amides is 1. The number of carbonyl (C=O) groups is 3. The Kier molecular flexibility index (Phi) is 9.96. The van der Waals surface area contributed by atoms with Crippen LogP contribution in [0.3, 0.4) is 0 Å². The normalized spacial score (nSPS) is 18.3. The third-order valence-electron chi connectivity index (χ3n) is 7.30. The summed E-state index contributed by atoms with van der Waals surface area (Å²) in [4.78, 5) is 36.4. The van der Waals surface area contributed by atoms with Crippen molar-refractivity contribution in [3.8, 4) is 11.1 Å². The molecular weight excluding hydrogens is 482 g/mol. The van der Waals surface area contributed by atoms with Gasteiger partial charge in [0.1, 0.15) is 18.8 Å². The van der Waals surface area contributed by atoms with Gasteiger partial charge in [0.15, 0.2) is 0 Å². The van der Waals surface area contributed by atoms with Crippen molar-refractivity contribution < 1.29 is 29.0 Å². The minimum absolute atomic E-state index is 0.0888. The van der Waals surface area contributed by atoms with Crippen LogP contribution in [0.25, 0.3) is 11.1 Å². The van der Waals surface area contributed by atoms with Crippen molar-refractivity contribution in [2.24, 2.45) is 0 Å². The molecule has 0 radical (unpaired) electrons. The van der Waals surface area contributed by atoms with E-state index in [0.29, 0.717) is 25.7 Å². The van der Waals surface area contributed by atoms with Crippen LogP contribution in [0, 0.1) is 0 Å². The fourth-order valence-electron chi connectivity index (χ4n) is 5.29. The Morgan fingerprint density at radius 1 is 0.921 bits per heavy atom. The van der Waals surface area contributed by atoms with Gasteiger partial charge >= 0.3 is 18.0 Å². The van der Waals surface area contributed by atoms with Crippen LogP contribution in [0.1, 0.15) is 81.3 Å². The Morgan fingerprint density at radius 2 is 1.63 bits per heavy atom. The summed E-state index contributed by atoms with van der Waals surface area (Å²) in [5, 5.41) is 12.1. The van der Waals surface area contributed by atoms with Gasteiger partial charge in [-0.05, 0) is 66.9 Å². The number of carbonyl (C=O) groups excluding carboxylic acids is 2. The molecule has 0 fully saturated rings. The van der Waals surface area contributed by atoms with Crippen LogP contribution < -0.4 is 5.32 Å². The summed E-state index contributed by atoms with van der Waals surface area (Å²) in [6.07, 6.45) is 10.9. The Balaban J connectivity index is 1.18. The molecular formula is C31H37NO6. The van der Waals surface area contributed by atoms with Crippen LogP contribution in [0.15, 0.2) is 60.7 Å². The molecule has 7 nitrogen and oxygen atoms in total. The van der Waals surface area contributed by atoms with Crippen molar-refractivity contribution in [1.82, 2.24) is 5.32 Å². The van der Waals surface area contributed by atoms with Gasteiger partial charge in [-0.25, -0.2) is 9.59 Å². The van der Waals surface area contributed by atoms with Gasteiger partial charge in [-0.15, -0.1) is 0 Å². The van der Waals surface area contributed by atoms with Gasteiger partial charge in [0.05, 0.1) is 0 Å². The second kappa shape index (κ2) is 13.8. The molecule has 2 aromatic rings. The maximum absolute atomic E-state index is 12.5. The van der Waals surface area contributed by atoms with Crippen LogP contribution in [0.5, 0.6) is 0 Å². The second-order valence-electron chi connectivity index (χ2n) is 10.1. The number of ether oxygens (including phenoxy) is 2. The van der Waals surface area contributed by atoms with Gasteiger partial charge in [-0.1, -0.05) is 73.9 Å². The smallest absolute Gasteiger partial charge is 0.407 e. The van der Waals surface area contributed by atoms with Crippen molar-refractivity contribution in [3.63, 3.8) is 0 Å². The molecule has 0 saturated carbocycles. The maximum Gasteiger partial charge on any atom is 0.407 e. The van der Waals surface area contributed by atoms with E-state index in [1.807, 2.05) is 42.5 Å². The number of fused-ring (bicyclic) bond motifs is 3. The molecule has 0 spiro atoms. The average Bonchev–Trinajstić information content (AvgIpc) is 3.21. The molecule has 0 aliphatic heterocycles. The lowest BCUT2D eigenvalue weighted by Gasteiger charge is -2.17. The number of alkyl carbamates (subject to hydrolysis) is 1. The van der Waals surface area contributed by atoms with Crippen LogP contribution in [0.2, 0.25) is 0 Å².